The summed E-state index contributed by atoms with van der Waals surface area (Å²) < 4.78 is 40.1. The number of aromatic nitrogens is 1. The number of nitrogens with zero attached hydrogens (tertiary/aromatic N) is 2. The largest absolute Gasteiger partial charge is 0.416 e. The van der Waals surface area contributed by atoms with Gasteiger partial charge in [0.15, 0.2) is 0 Å². The Balaban J connectivity index is 1.19. The Kier molecular flexibility index (Phi) is 7.83. The van der Waals surface area contributed by atoms with Crippen LogP contribution in [-0.4, -0.2) is 52.4 Å². The standard InChI is InChI=1S/C25H33F3N4O2/c26-25(27,28)20-5-7-22(8-6-20)32-14-9-18(17-32)16-31-12-10-21(11-13-31)30-24(34)29-15-19-3-1-2-4-23(19)33/h5-9,14,17,19,21,23,33H,1-4,10-13,15-16H2,(H2,29,30,34)/t19-,23+/m0/s1. The number of carbonyl (C=O) groups excluding carboxylic acids is 1. The van der Waals surface area contributed by atoms with Crippen molar-refractivity contribution in [2.45, 2.75) is 63.4 Å². The lowest BCUT2D eigenvalue weighted by molar-refractivity contribution is -0.137. The maximum absolute atomic E-state index is 12.8. The van der Waals surface area contributed by atoms with Gasteiger partial charge in [0, 0.05) is 56.2 Å². The van der Waals surface area contributed by atoms with Crippen molar-refractivity contribution >= 4 is 6.03 Å². The molecule has 2 aliphatic rings. The summed E-state index contributed by atoms with van der Waals surface area (Å²) in [6.07, 6.45) is 4.82. The van der Waals surface area contributed by atoms with Crippen LogP contribution in [0.2, 0.25) is 0 Å². The number of likely N-dealkylation sites (tertiary alicyclic amines) is 1. The van der Waals surface area contributed by atoms with Gasteiger partial charge in [-0.05, 0) is 61.6 Å². The highest BCUT2D eigenvalue weighted by molar-refractivity contribution is 5.74. The molecule has 2 heterocycles. The second kappa shape index (κ2) is 10.8. The normalized spacial score (nSPS) is 22.5. The molecule has 186 valence electrons. The molecule has 1 aliphatic carbocycles. The number of halogens is 3. The second-order valence-corrected chi connectivity index (χ2v) is 9.49. The Bertz CT molecular complexity index is 936. The van der Waals surface area contributed by atoms with E-state index in [1.54, 1.807) is 0 Å². The number of carbonyl (C=O) groups is 1. The van der Waals surface area contributed by atoms with E-state index in [0.29, 0.717) is 12.2 Å². The topological polar surface area (TPSA) is 69.5 Å². The fourth-order valence-corrected chi connectivity index (χ4v) is 4.90. The molecule has 1 aliphatic heterocycles. The highest BCUT2D eigenvalue weighted by Crippen LogP contribution is 2.29. The number of piperidine rings is 1. The van der Waals surface area contributed by atoms with E-state index in [9.17, 15) is 23.1 Å². The first-order valence-electron chi connectivity index (χ1n) is 12.1. The van der Waals surface area contributed by atoms with Crippen LogP contribution in [0.5, 0.6) is 0 Å². The van der Waals surface area contributed by atoms with Gasteiger partial charge in [-0.3, -0.25) is 4.90 Å². The van der Waals surface area contributed by atoms with Gasteiger partial charge in [0.25, 0.3) is 0 Å². The third kappa shape index (κ3) is 6.54. The number of rotatable bonds is 6. The van der Waals surface area contributed by atoms with Gasteiger partial charge in [0.2, 0.25) is 0 Å². The summed E-state index contributed by atoms with van der Waals surface area (Å²) in [5, 5.41) is 16.0. The summed E-state index contributed by atoms with van der Waals surface area (Å²) in [6, 6.07) is 7.09. The monoisotopic (exact) mass is 478 g/mol. The van der Waals surface area contributed by atoms with Gasteiger partial charge in [0.05, 0.1) is 11.7 Å². The lowest BCUT2D eigenvalue weighted by Gasteiger charge is -2.32. The van der Waals surface area contributed by atoms with Crippen molar-refractivity contribution in [1.82, 2.24) is 20.1 Å². The summed E-state index contributed by atoms with van der Waals surface area (Å²) in [7, 11) is 0. The van der Waals surface area contributed by atoms with Crippen LogP contribution < -0.4 is 10.6 Å². The molecule has 9 heteroatoms. The summed E-state index contributed by atoms with van der Waals surface area (Å²) in [5.74, 6) is 0.149. The van der Waals surface area contributed by atoms with Crippen molar-refractivity contribution in [3.05, 3.63) is 53.9 Å². The number of benzene rings is 1. The van der Waals surface area contributed by atoms with E-state index in [1.807, 2.05) is 23.0 Å². The fraction of sp³-hybridized carbons (Fsp3) is 0.560. The number of urea groups is 1. The Hall–Kier alpha value is -2.52. The molecule has 6 nitrogen and oxygen atoms in total. The number of amides is 2. The van der Waals surface area contributed by atoms with Gasteiger partial charge in [-0.15, -0.1) is 0 Å². The van der Waals surface area contributed by atoms with E-state index in [-0.39, 0.29) is 24.1 Å². The molecular weight excluding hydrogens is 445 g/mol. The van der Waals surface area contributed by atoms with Gasteiger partial charge >= 0.3 is 12.2 Å². The van der Waals surface area contributed by atoms with E-state index >= 15 is 0 Å². The minimum atomic E-state index is -4.33. The Labute approximate surface area is 198 Å². The first-order chi connectivity index (χ1) is 16.3. The highest BCUT2D eigenvalue weighted by atomic mass is 19.4. The molecule has 0 unspecified atom stereocenters. The molecule has 1 saturated carbocycles. The van der Waals surface area contributed by atoms with E-state index in [0.717, 1.165) is 75.9 Å². The third-order valence-electron chi connectivity index (χ3n) is 6.97. The summed E-state index contributed by atoms with van der Waals surface area (Å²) in [4.78, 5) is 14.6. The van der Waals surface area contributed by atoms with Crippen molar-refractivity contribution in [2.24, 2.45) is 5.92 Å². The highest BCUT2D eigenvalue weighted by Gasteiger charge is 2.30. The van der Waals surface area contributed by atoms with Crippen LogP contribution in [-0.2, 0) is 12.7 Å². The van der Waals surface area contributed by atoms with Crippen molar-refractivity contribution < 1.29 is 23.1 Å². The lowest BCUT2D eigenvalue weighted by atomic mass is 9.86. The minimum Gasteiger partial charge on any atom is -0.393 e. The molecule has 2 aromatic rings. The van der Waals surface area contributed by atoms with Gasteiger partial charge in [-0.25, -0.2) is 4.79 Å². The first kappa shape index (κ1) is 24.6. The van der Waals surface area contributed by atoms with Crippen molar-refractivity contribution in [3.63, 3.8) is 0 Å². The van der Waals surface area contributed by atoms with Gasteiger partial charge in [-0.1, -0.05) is 12.8 Å². The zero-order valence-corrected chi connectivity index (χ0v) is 19.2. The van der Waals surface area contributed by atoms with Crippen molar-refractivity contribution in [2.75, 3.05) is 19.6 Å². The van der Waals surface area contributed by atoms with Crippen LogP contribution in [0.4, 0.5) is 18.0 Å². The quantitative estimate of drug-likeness (QED) is 0.580. The molecule has 1 aromatic carbocycles. The van der Waals surface area contributed by atoms with E-state index in [1.165, 1.54) is 12.1 Å². The van der Waals surface area contributed by atoms with E-state index in [2.05, 4.69) is 15.5 Å². The van der Waals surface area contributed by atoms with Crippen molar-refractivity contribution in [1.29, 1.82) is 0 Å². The first-order valence-corrected chi connectivity index (χ1v) is 12.1. The molecule has 0 spiro atoms. The van der Waals surface area contributed by atoms with Crippen LogP contribution >= 0.6 is 0 Å². The number of aliphatic hydroxyl groups excluding tert-OH is 1. The van der Waals surface area contributed by atoms with Gasteiger partial charge < -0.3 is 20.3 Å². The van der Waals surface area contributed by atoms with Crippen LogP contribution in [0.15, 0.2) is 42.7 Å². The third-order valence-corrected chi connectivity index (χ3v) is 6.97. The number of hydrogen-bond acceptors (Lipinski definition) is 3. The zero-order chi connectivity index (χ0) is 24.1. The van der Waals surface area contributed by atoms with Crippen molar-refractivity contribution in [3.8, 4) is 5.69 Å². The molecule has 1 aromatic heterocycles. The van der Waals surface area contributed by atoms with Crippen LogP contribution in [0.3, 0.4) is 0 Å². The number of alkyl halides is 3. The number of nitrogens with one attached hydrogen (secondary N) is 2. The van der Waals surface area contributed by atoms with Crippen LogP contribution in [0.1, 0.15) is 49.7 Å². The van der Waals surface area contributed by atoms with E-state index < -0.39 is 11.7 Å². The molecule has 0 bridgehead atoms. The molecule has 2 atom stereocenters. The Morgan fingerprint density at radius 1 is 1.03 bits per heavy atom. The number of aliphatic hydroxyl groups is 1. The second-order valence-electron chi connectivity index (χ2n) is 9.49. The molecule has 34 heavy (non-hydrogen) atoms. The molecule has 1 saturated heterocycles. The van der Waals surface area contributed by atoms with Gasteiger partial charge in [0.1, 0.15) is 0 Å². The van der Waals surface area contributed by atoms with Crippen LogP contribution in [0, 0.1) is 5.92 Å². The Morgan fingerprint density at radius 2 is 1.74 bits per heavy atom. The summed E-state index contributed by atoms with van der Waals surface area (Å²) in [5.41, 5.74) is 1.13. The van der Waals surface area contributed by atoms with Crippen LogP contribution in [0.25, 0.3) is 5.69 Å². The molecule has 2 fully saturated rings. The predicted molar refractivity (Wildman–Crippen MR) is 124 cm³/mol. The molecule has 4 rings (SSSR count). The molecule has 2 amide bonds. The maximum atomic E-state index is 12.8. The van der Waals surface area contributed by atoms with E-state index in [4.69, 9.17) is 0 Å². The average molecular weight is 479 g/mol. The Morgan fingerprint density at radius 3 is 2.41 bits per heavy atom. The maximum Gasteiger partial charge on any atom is 0.416 e. The smallest absolute Gasteiger partial charge is 0.393 e. The molecule has 0 radical (unpaired) electrons. The SMILES string of the molecule is O=C(NC[C@@H]1CCCC[C@H]1O)NC1CCN(Cc2ccn(-c3ccc(C(F)(F)F)cc3)c2)CC1. The number of hydrogen-bond donors (Lipinski definition) is 3. The summed E-state index contributed by atoms with van der Waals surface area (Å²) in [6.45, 7) is 2.99. The zero-order valence-electron chi connectivity index (χ0n) is 19.2. The van der Waals surface area contributed by atoms with Gasteiger partial charge in [-0.2, -0.15) is 13.2 Å². The molecule has 3 N–H and O–H groups in total. The predicted octanol–water partition coefficient (Wildman–Crippen LogP) is 4.31. The average Bonchev–Trinajstić information content (AvgIpc) is 3.28. The summed E-state index contributed by atoms with van der Waals surface area (Å²) >= 11 is 0. The fourth-order valence-electron chi connectivity index (χ4n) is 4.90. The lowest BCUT2D eigenvalue weighted by Crippen LogP contribution is -2.49. The minimum absolute atomic E-state index is 0.129. The molecular formula is C25H33F3N4O2.